The molecule has 0 unspecified atom stereocenters. The molecule has 1 amide bonds. The summed E-state index contributed by atoms with van der Waals surface area (Å²) < 4.78 is 15.2. The third-order valence-corrected chi connectivity index (χ3v) is 2.92. The summed E-state index contributed by atoms with van der Waals surface area (Å²) in [4.78, 5) is 21.7. The molecule has 0 aliphatic carbocycles. The first-order chi connectivity index (χ1) is 10.6. The van der Waals surface area contributed by atoms with Crippen molar-refractivity contribution in [3.05, 3.63) is 51.8 Å². The monoisotopic (exact) mass is 306 g/mol. The Morgan fingerprint density at radius 1 is 1.27 bits per heavy atom. The average Bonchev–Trinajstić information content (AvgIpc) is 3.02. The molecule has 1 heterocycles. The van der Waals surface area contributed by atoms with Crippen LogP contribution in [0.25, 0.3) is 0 Å². The fraction of sp³-hybridized carbons (Fsp3) is 0.214. The Kier molecular flexibility index (Phi) is 4.62. The molecule has 116 valence electrons. The molecule has 8 heteroatoms. The molecular formula is C14H14N2O6. The highest BCUT2D eigenvalue weighted by molar-refractivity contribution is 5.91. The summed E-state index contributed by atoms with van der Waals surface area (Å²) in [5, 5.41) is 13.1. The molecule has 0 bridgehead atoms. The van der Waals surface area contributed by atoms with Gasteiger partial charge in [-0.1, -0.05) is 12.1 Å². The molecule has 0 saturated carbocycles. The maximum atomic E-state index is 11.9. The molecule has 2 rings (SSSR count). The maximum absolute atomic E-state index is 11.9. The summed E-state index contributed by atoms with van der Waals surface area (Å²) in [5.74, 6) is -0.116. The maximum Gasteiger partial charge on any atom is 0.433 e. The summed E-state index contributed by atoms with van der Waals surface area (Å²) in [6.07, 6.45) is 0. The van der Waals surface area contributed by atoms with Crippen molar-refractivity contribution in [2.45, 2.75) is 6.54 Å². The molecule has 0 aliphatic heterocycles. The van der Waals surface area contributed by atoms with Gasteiger partial charge < -0.3 is 19.2 Å². The molecule has 8 nitrogen and oxygen atoms in total. The van der Waals surface area contributed by atoms with Gasteiger partial charge in [-0.15, -0.1) is 0 Å². The second-order valence-electron chi connectivity index (χ2n) is 4.23. The number of rotatable bonds is 6. The van der Waals surface area contributed by atoms with Crippen LogP contribution in [-0.4, -0.2) is 25.1 Å². The fourth-order valence-electron chi connectivity index (χ4n) is 1.90. The summed E-state index contributed by atoms with van der Waals surface area (Å²) >= 11 is 0. The van der Waals surface area contributed by atoms with Crippen molar-refractivity contribution in [1.29, 1.82) is 0 Å². The van der Waals surface area contributed by atoms with Crippen molar-refractivity contribution in [1.82, 2.24) is 5.32 Å². The molecule has 0 aliphatic rings. The van der Waals surface area contributed by atoms with Gasteiger partial charge >= 0.3 is 5.88 Å². The van der Waals surface area contributed by atoms with Crippen LogP contribution in [0.5, 0.6) is 11.5 Å². The second-order valence-corrected chi connectivity index (χ2v) is 4.23. The Bertz CT molecular complexity index is 694. The van der Waals surface area contributed by atoms with Crippen molar-refractivity contribution in [3.8, 4) is 11.5 Å². The first kappa shape index (κ1) is 15.4. The Labute approximate surface area is 125 Å². The highest BCUT2D eigenvalue weighted by Crippen LogP contribution is 2.30. The highest BCUT2D eigenvalue weighted by atomic mass is 16.6. The van der Waals surface area contributed by atoms with Gasteiger partial charge in [0.15, 0.2) is 17.3 Å². The normalized spacial score (nSPS) is 10.1. The molecule has 0 radical (unpaired) electrons. The van der Waals surface area contributed by atoms with Crippen molar-refractivity contribution < 1.29 is 23.6 Å². The summed E-state index contributed by atoms with van der Waals surface area (Å²) in [6.45, 7) is 0.160. The quantitative estimate of drug-likeness (QED) is 0.647. The zero-order chi connectivity index (χ0) is 16.1. The van der Waals surface area contributed by atoms with Gasteiger partial charge in [-0.3, -0.25) is 14.9 Å². The van der Waals surface area contributed by atoms with Crippen LogP contribution in [0.2, 0.25) is 0 Å². The van der Waals surface area contributed by atoms with Crippen molar-refractivity contribution in [3.63, 3.8) is 0 Å². The van der Waals surface area contributed by atoms with E-state index in [2.05, 4.69) is 5.32 Å². The fourth-order valence-corrected chi connectivity index (χ4v) is 1.90. The molecule has 0 fully saturated rings. The number of benzene rings is 1. The number of methoxy groups -OCH3 is 2. The standard InChI is InChI=1S/C14H14N2O6/c1-20-10-5-3-4-9(13(10)21-2)8-15-14(17)11-6-7-12(22-11)16(18)19/h3-7H,8H2,1-2H3,(H,15,17). The van der Waals surface area contributed by atoms with Crippen LogP contribution in [0.1, 0.15) is 16.1 Å². The molecule has 0 saturated heterocycles. The zero-order valence-electron chi connectivity index (χ0n) is 12.0. The molecule has 1 N–H and O–H groups in total. The summed E-state index contributed by atoms with van der Waals surface area (Å²) in [7, 11) is 3.02. The average molecular weight is 306 g/mol. The van der Waals surface area contributed by atoms with E-state index in [1.165, 1.54) is 20.3 Å². The van der Waals surface area contributed by atoms with Gasteiger partial charge in [-0.05, 0) is 12.1 Å². The molecular weight excluding hydrogens is 292 g/mol. The smallest absolute Gasteiger partial charge is 0.433 e. The minimum atomic E-state index is -0.706. The Balaban J connectivity index is 2.09. The second kappa shape index (κ2) is 6.61. The number of amides is 1. The van der Waals surface area contributed by atoms with E-state index in [1.807, 2.05) is 0 Å². The Morgan fingerprint density at radius 2 is 2.05 bits per heavy atom. The zero-order valence-corrected chi connectivity index (χ0v) is 12.0. The molecule has 1 aromatic heterocycles. The van der Waals surface area contributed by atoms with Gasteiger partial charge in [0, 0.05) is 12.1 Å². The number of carbonyl (C=O) groups is 1. The van der Waals surface area contributed by atoms with E-state index in [4.69, 9.17) is 13.9 Å². The van der Waals surface area contributed by atoms with Crippen LogP contribution in [0.3, 0.4) is 0 Å². The Hall–Kier alpha value is -3.03. The predicted molar refractivity (Wildman–Crippen MR) is 76.1 cm³/mol. The molecule has 22 heavy (non-hydrogen) atoms. The van der Waals surface area contributed by atoms with Crippen LogP contribution in [0, 0.1) is 10.1 Å². The summed E-state index contributed by atoms with van der Waals surface area (Å²) in [6, 6.07) is 7.64. The van der Waals surface area contributed by atoms with E-state index in [9.17, 15) is 14.9 Å². The van der Waals surface area contributed by atoms with E-state index in [0.717, 1.165) is 6.07 Å². The number of hydrogen-bond acceptors (Lipinski definition) is 6. The van der Waals surface area contributed by atoms with E-state index >= 15 is 0 Å². The number of nitro groups is 1. The Morgan fingerprint density at radius 3 is 2.64 bits per heavy atom. The predicted octanol–water partition coefficient (Wildman–Crippen LogP) is 2.13. The number of para-hydroxylation sites is 1. The van der Waals surface area contributed by atoms with Gasteiger partial charge in [0.2, 0.25) is 0 Å². The largest absolute Gasteiger partial charge is 0.493 e. The molecule has 2 aromatic rings. The number of furan rings is 1. The van der Waals surface area contributed by atoms with Crippen LogP contribution in [0.4, 0.5) is 5.88 Å². The summed E-state index contributed by atoms with van der Waals surface area (Å²) in [5.41, 5.74) is 0.705. The van der Waals surface area contributed by atoms with Gasteiger partial charge in [0.1, 0.15) is 4.92 Å². The lowest BCUT2D eigenvalue weighted by atomic mass is 10.2. The van der Waals surface area contributed by atoms with Crippen LogP contribution >= 0.6 is 0 Å². The lowest BCUT2D eigenvalue weighted by molar-refractivity contribution is -0.402. The minimum Gasteiger partial charge on any atom is -0.493 e. The number of nitrogens with zero attached hydrogens (tertiary/aromatic N) is 1. The minimum absolute atomic E-state index is 0.131. The molecule has 0 atom stereocenters. The van der Waals surface area contributed by atoms with Gasteiger partial charge in [0.05, 0.1) is 20.3 Å². The first-order valence-corrected chi connectivity index (χ1v) is 6.29. The third kappa shape index (κ3) is 3.17. The van der Waals surface area contributed by atoms with E-state index < -0.39 is 16.7 Å². The van der Waals surface area contributed by atoms with Crippen molar-refractivity contribution >= 4 is 11.8 Å². The van der Waals surface area contributed by atoms with Crippen molar-refractivity contribution in [2.24, 2.45) is 0 Å². The van der Waals surface area contributed by atoms with Gasteiger partial charge in [0.25, 0.3) is 5.91 Å². The van der Waals surface area contributed by atoms with Crippen LogP contribution in [0.15, 0.2) is 34.7 Å². The number of hydrogen-bond donors (Lipinski definition) is 1. The SMILES string of the molecule is COc1cccc(CNC(=O)c2ccc([N+](=O)[O-])o2)c1OC. The lowest BCUT2D eigenvalue weighted by Gasteiger charge is -2.12. The number of carbonyl (C=O) groups excluding carboxylic acids is 1. The molecule has 0 spiro atoms. The van der Waals surface area contributed by atoms with Gasteiger partial charge in [-0.25, -0.2) is 0 Å². The topological polar surface area (TPSA) is 104 Å². The van der Waals surface area contributed by atoms with Crippen molar-refractivity contribution in [2.75, 3.05) is 14.2 Å². The number of nitrogens with one attached hydrogen (secondary N) is 1. The molecule has 1 aromatic carbocycles. The number of ether oxygens (including phenoxy) is 2. The van der Waals surface area contributed by atoms with E-state index in [1.54, 1.807) is 18.2 Å². The van der Waals surface area contributed by atoms with Crippen LogP contribution in [-0.2, 0) is 6.54 Å². The highest BCUT2D eigenvalue weighted by Gasteiger charge is 2.18. The van der Waals surface area contributed by atoms with E-state index in [0.29, 0.717) is 17.1 Å². The first-order valence-electron chi connectivity index (χ1n) is 6.29. The third-order valence-electron chi connectivity index (χ3n) is 2.92. The lowest BCUT2D eigenvalue weighted by Crippen LogP contribution is -2.22. The van der Waals surface area contributed by atoms with E-state index in [-0.39, 0.29) is 12.3 Å². The van der Waals surface area contributed by atoms with Crippen LogP contribution < -0.4 is 14.8 Å². The van der Waals surface area contributed by atoms with Gasteiger partial charge in [-0.2, -0.15) is 0 Å².